The summed E-state index contributed by atoms with van der Waals surface area (Å²) >= 11 is 6.43. The molecule has 2 aromatic carbocycles. The van der Waals surface area contributed by atoms with Crippen molar-refractivity contribution in [2.75, 3.05) is 6.61 Å². The fourth-order valence-electron chi connectivity index (χ4n) is 3.70. The Morgan fingerprint density at radius 2 is 1.71 bits per heavy atom. The molecule has 0 spiro atoms. The highest BCUT2D eigenvalue weighted by atomic mass is 79.9. The molecule has 194 valence electrons. The Morgan fingerprint density at radius 1 is 1.05 bits per heavy atom. The van der Waals surface area contributed by atoms with Crippen molar-refractivity contribution in [3.8, 4) is 11.8 Å². The van der Waals surface area contributed by atoms with Crippen molar-refractivity contribution in [2.45, 2.75) is 30.2 Å². The second-order valence-corrected chi connectivity index (χ2v) is 11.4. The van der Waals surface area contributed by atoms with Gasteiger partial charge in [0.1, 0.15) is 4.21 Å². The molecule has 5 nitrogen and oxygen atoms in total. The molecule has 4 rings (SSSR count). The van der Waals surface area contributed by atoms with Gasteiger partial charge in [-0.2, -0.15) is 9.83 Å². The number of carbonyl (C=O) groups excluding carboxylic acids is 2. The summed E-state index contributed by atoms with van der Waals surface area (Å²) in [5.74, 6) is 0.148. The van der Waals surface area contributed by atoms with E-state index in [-0.39, 0.29) is 41.8 Å². The van der Waals surface area contributed by atoms with Crippen LogP contribution in [0.15, 0.2) is 81.7 Å². The number of aryl methyl sites for hydroxylation is 1. The minimum absolute atomic E-state index is 0. The van der Waals surface area contributed by atoms with Crippen LogP contribution >= 0.6 is 39.0 Å². The van der Waals surface area contributed by atoms with Crippen LogP contribution < -0.4 is 21.5 Å². The summed E-state index contributed by atoms with van der Waals surface area (Å²) in [5.41, 5.74) is 4.81. The number of thiophene rings is 1. The molecule has 0 aliphatic heterocycles. The molecule has 0 fully saturated rings. The predicted molar refractivity (Wildman–Crippen MR) is 149 cm³/mol. The number of rotatable bonds is 9. The van der Waals surface area contributed by atoms with E-state index in [0.29, 0.717) is 27.3 Å². The Hall–Kier alpha value is -2.77. The second-order valence-electron chi connectivity index (χ2n) is 8.24. The summed E-state index contributed by atoms with van der Waals surface area (Å²) in [6.07, 6.45) is 3.90. The molecule has 2 heterocycles. The molecule has 0 saturated heterocycles. The van der Waals surface area contributed by atoms with Crippen LogP contribution in [0.5, 0.6) is 0 Å². The van der Waals surface area contributed by atoms with Crippen LogP contribution in [-0.4, -0.2) is 18.4 Å². The summed E-state index contributed by atoms with van der Waals surface area (Å²) in [6, 6.07) is 20.8. The first kappa shape index (κ1) is 29.8. The van der Waals surface area contributed by atoms with Crippen molar-refractivity contribution in [2.24, 2.45) is 0 Å². The van der Waals surface area contributed by atoms with Gasteiger partial charge >= 0.3 is 5.97 Å². The van der Waals surface area contributed by atoms with Crippen molar-refractivity contribution in [3.05, 3.63) is 110 Å². The van der Waals surface area contributed by atoms with Gasteiger partial charge in [-0.3, -0.25) is 9.59 Å². The van der Waals surface area contributed by atoms with Crippen LogP contribution in [0.2, 0.25) is 0 Å². The first-order chi connectivity index (χ1) is 17.9. The number of ether oxygens (including phenoxy) is 1. The molecule has 0 unspecified atom stereocenters. The van der Waals surface area contributed by atoms with Gasteiger partial charge in [0, 0.05) is 27.9 Å². The minimum atomic E-state index is -0.372. The number of pyridine rings is 1. The average molecular weight is 672 g/mol. The Balaban J connectivity index is 0.00000400. The molecule has 0 saturated carbocycles. The number of hydrogen-bond donors (Lipinski definition) is 0. The first-order valence-electron chi connectivity index (χ1n) is 11.6. The Kier molecular flexibility index (Phi) is 10.9. The zero-order chi connectivity index (χ0) is 26.4. The van der Waals surface area contributed by atoms with Crippen LogP contribution in [0, 0.1) is 18.3 Å². The van der Waals surface area contributed by atoms with Crippen LogP contribution in [0.1, 0.15) is 44.4 Å². The normalized spacial score (nSPS) is 10.4. The maximum atomic E-state index is 13.7. The van der Waals surface area contributed by atoms with Crippen molar-refractivity contribution in [1.29, 1.82) is 5.26 Å². The van der Waals surface area contributed by atoms with Crippen molar-refractivity contribution in [3.63, 3.8) is 0 Å². The van der Waals surface area contributed by atoms with Gasteiger partial charge in [0.2, 0.25) is 11.5 Å². The lowest BCUT2D eigenvalue weighted by Crippen LogP contribution is -3.00. The van der Waals surface area contributed by atoms with E-state index in [1.54, 1.807) is 43.0 Å². The van der Waals surface area contributed by atoms with E-state index >= 15 is 0 Å². The van der Waals surface area contributed by atoms with Crippen molar-refractivity contribution < 1.29 is 35.9 Å². The summed E-state index contributed by atoms with van der Waals surface area (Å²) in [5, 5.41) is 9.09. The monoisotopic (exact) mass is 670 g/mol. The van der Waals surface area contributed by atoms with Crippen molar-refractivity contribution in [1.82, 2.24) is 0 Å². The van der Waals surface area contributed by atoms with Gasteiger partial charge in [0.05, 0.1) is 35.1 Å². The van der Waals surface area contributed by atoms with Gasteiger partial charge in [-0.25, -0.2) is 0 Å². The van der Waals surface area contributed by atoms with Crippen LogP contribution in [-0.2, 0) is 21.7 Å². The van der Waals surface area contributed by atoms with Gasteiger partial charge in [0.25, 0.3) is 0 Å². The molecule has 38 heavy (non-hydrogen) atoms. The maximum Gasteiger partial charge on any atom is 0.310 e. The Labute approximate surface area is 249 Å². The van der Waals surface area contributed by atoms with E-state index in [0.717, 1.165) is 25.5 Å². The summed E-state index contributed by atoms with van der Waals surface area (Å²) in [6.45, 7) is 4.06. The number of benzene rings is 2. The SMILES string of the molecule is CCOC(=O)Cc1c(C(=O)c2ccc(Br)cc2)sc(SCc2ccc(C#N)cc2)c1-[n+]1ccc(C)cc1.[Br-]. The number of carbonyl (C=O) groups is 2. The van der Waals surface area contributed by atoms with Gasteiger partial charge in [0.15, 0.2) is 12.4 Å². The topological polar surface area (TPSA) is 71.0 Å². The number of nitriles is 1. The number of hydrogen-bond acceptors (Lipinski definition) is 6. The predicted octanol–water partition coefficient (Wildman–Crippen LogP) is 3.60. The third-order valence-electron chi connectivity index (χ3n) is 5.59. The molecule has 0 N–H and O–H groups in total. The molecule has 0 aliphatic carbocycles. The quantitative estimate of drug-likeness (QED) is 0.118. The second kappa shape index (κ2) is 13.9. The third kappa shape index (κ3) is 7.20. The summed E-state index contributed by atoms with van der Waals surface area (Å²) in [7, 11) is 0. The number of thioether (sulfide) groups is 1. The number of halogens is 2. The molecule has 0 atom stereocenters. The zero-order valence-electron chi connectivity index (χ0n) is 20.7. The molecular weight excluding hydrogens is 648 g/mol. The fraction of sp³-hybridized carbons (Fsp3) is 0.172. The Bertz CT molecular complexity index is 1460. The maximum absolute atomic E-state index is 13.7. The largest absolute Gasteiger partial charge is 1.00 e. The van der Waals surface area contributed by atoms with Crippen LogP contribution in [0.25, 0.3) is 5.69 Å². The van der Waals surface area contributed by atoms with Gasteiger partial charge in [-0.15, -0.1) is 23.1 Å². The van der Waals surface area contributed by atoms with E-state index in [1.165, 1.54) is 11.3 Å². The lowest BCUT2D eigenvalue weighted by atomic mass is 10.0. The smallest absolute Gasteiger partial charge is 0.310 e. The zero-order valence-corrected chi connectivity index (χ0v) is 25.5. The summed E-state index contributed by atoms with van der Waals surface area (Å²) in [4.78, 5) is 26.9. The highest BCUT2D eigenvalue weighted by Gasteiger charge is 2.31. The third-order valence-corrected chi connectivity index (χ3v) is 8.67. The van der Waals surface area contributed by atoms with Crippen LogP contribution in [0.3, 0.4) is 0 Å². The molecular formula is C29H24Br2N2O3S2. The first-order valence-corrected chi connectivity index (χ1v) is 14.2. The van der Waals surface area contributed by atoms with Crippen molar-refractivity contribution >= 4 is 50.8 Å². The average Bonchev–Trinajstić information content (AvgIpc) is 3.26. The molecule has 0 bridgehead atoms. The highest BCUT2D eigenvalue weighted by Crippen LogP contribution is 2.40. The van der Waals surface area contributed by atoms with E-state index in [1.807, 2.05) is 60.3 Å². The molecule has 4 aromatic rings. The van der Waals surface area contributed by atoms with E-state index < -0.39 is 0 Å². The van der Waals surface area contributed by atoms with Gasteiger partial charge in [-0.1, -0.05) is 28.1 Å². The van der Waals surface area contributed by atoms with E-state index in [9.17, 15) is 9.59 Å². The highest BCUT2D eigenvalue weighted by molar-refractivity contribution is 9.10. The number of aromatic nitrogens is 1. The molecule has 9 heteroatoms. The molecule has 0 amide bonds. The summed E-state index contributed by atoms with van der Waals surface area (Å²) < 4.78 is 9.06. The molecule has 0 radical (unpaired) electrons. The molecule has 0 aliphatic rings. The van der Waals surface area contributed by atoms with Gasteiger partial charge < -0.3 is 21.7 Å². The minimum Gasteiger partial charge on any atom is -1.00 e. The lowest BCUT2D eigenvalue weighted by molar-refractivity contribution is -0.598. The van der Waals surface area contributed by atoms with E-state index in [4.69, 9.17) is 10.00 Å². The fourth-order valence-corrected chi connectivity index (χ4v) is 6.50. The Morgan fingerprint density at radius 3 is 2.32 bits per heavy atom. The lowest BCUT2D eigenvalue weighted by Gasteiger charge is -2.06. The molecule has 2 aromatic heterocycles. The standard InChI is InChI=1S/C29H24BrN2O3S2.BrH/c1-3-35-25(33)16-24-26(32-14-12-19(2)13-15-32)29(36-18-21-6-4-20(17-31)5-7-21)37-28(24)27(34)22-8-10-23(30)11-9-22;/h4-15H,3,16,18H2,1-2H3;1H/q+1;/p-1. The van der Waals surface area contributed by atoms with Gasteiger partial charge in [-0.05, 0) is 61.4 Å². The van der Waals surface area contributed by atoms with Crippen LogP contribution in [0.4, 0.5) is 0 Å². The number of nitrogens with zero attached hydrogens (tertiary/aromatic N) is 2. The number of ketones is 1. The van der Waals surface area contributed by atoms with E-state index in [2.05, 4.69) is 22.0 Å². The number of esters is 1.